The van der Waals surface area contributed by atoms with E-state index in [4.69, 9.17) is 10.5 Å². The predicted molar refractivity (Wildman–Crippen MR) is 75.5 cm³/mol. The molecular formula is C16H25NO. The Morgan fingerprint density at radius 1 is 1.33 bits per heavy atom. The fourth-order valence-electron chi connectivity index (χ4n) is 3.29. The van der Waals surface area contributed by atoms with Crippen LogP contribution in [-0.4, -0.2) is 6.10 Å². The topological polar surface area (TPSA) is 35.2 Å². The van der Waals surface area contributed by atoms with Crippen LogP contribution in [0.1, 0.15) is 45.6 Å². The number of rotatable bonds is 3. The summed E-state index contributed by atoms with van der Waals surface area (Å²) in [6.07, 6.45) is 3.95. The van der Waals surface area contributed by atoms with Crippen LogP contribution in [-0.2, 0) is 6.54 Å². The minimum atomic E-state index is 0.344. The van der Waals surface area contributed by atoms with Crippen molar-refractivity contribution >= 4 is 0 Å². The lowest BCUT2D eigenvalue weighted by atomic mass is 9.71. The molecule has 1 aromatic carbocycles. The Morgan fingerprint density at radius 2 is 2.11 bits per heavy atom. The van der Waals surface area contributed by atoms with Crippen molar-refractivity contribution in [3.8, 4) is 5.75 Å². The van der Waals surface area contributed by atoms with E-state index in [0.717, 1.165) is 30.1 Å². The van der Waals surface area contributed by atoms with Crippen LogP contribution in [0, 0.1) is 11.3 Å². The van der Waals surface area contributed by atoms with Gasteiger partial charge >= 0.3 is 0 Å². The molecule has 0 bridgehead atoms. The summed E-state index contributed by atoms with van der Waals surface area (Å²) in [4.78, 5) is 0. The number of nitrogens with two attached hydrogens (primary N) is 1. The van der Waals surface area contributed by atoms with Crippen molar-refractivity contribution in [3.05, 3.63) is 29.8 Å². The van der Waals surface area contributed by atoms with Crippen molar-refractivity contribution in [2.24, 2.45) is 17.1 Å². The van der Waals surface area contributed by atoms with Crippen molar-refractivity contribution in [1.82, 2.24) is 0 Å². The average Bonchev–Trinajstić information content (AvgIpc) is 2.26. The molecule has 0 radical (unpaired) electrons. The molecule has 2 rings (SSSR count). The highest BCUT2D eigenvalue weighted by molar-refractivity contribution is 5.28. The fraction of sp³-hybridized carbons (Fsp3) is 0.625. The molecule has 18 heavy (non-hydrogen) atoms. The van der Waals surface area contributed by atoms with Gasteiger partial charge in [-0.15, -0.1) is 0 Å². The number of ether oxygens (including phenoxy) is 1. The molecule has 2 atom stereocenters. The van der Waals surface area contributed by atoms with E-state index in [2.05, 4.69) is 26.8 Å². The number of benzene rings is 1. The van der Waals surface area contributed by atoms with Gasteiger partial charge in [0.05, 0.1) is 6.10 Å². The molecular weight excluding hydrogens is 222 g/mol. The SMILES string of the molecule is CC1CC(Oc2cccc(CN)c2)CC(C)(C)C1. The summed E-state index contributed by atoms with van der Waals surface area (Å²) in [5.74, 6) is 1.71. The average molecular weight is 247 g/mol. The van der Waals surface area contributed by atoms with Crippen LogP contribution in [0.25, 0.3) is 0 Å². The Balaban J connectivity index is 2.04. The van der Waals surface area contributed by atoms with Gasteiger partial charge in [-0.3, -0.25) is 0 Å². The van der Waals surface area contributed by atoms with Crippen molar-refractivity contribution in [2.45, 2.75) is 52.7 Å². The van der Waals surface area contributed by atoms with Crippen molar-refractivity contribution in [1.29, 1.82) is 0 Å². The first kappa shape index (κ1) is 13.4. The second kappa shape index (κ2) is 5.31. The molecule has 2 unspecified atom stereocenters. The third kappa shape index (κ3) is 3.49. The molecule has 0 spiro atoms. The predicted octanol–water partition coefficient (Wildman–Crippen LogP) is 3.74. The van der Waals surface area contributed by atoms with Gasteiger partial charge in [0.25, 0.3) is 0 Å². The Labute approximate surface area is 111 Å². The van der Waals surface area contributed by atoms with Gasteiger partial charge < -0.3 is 10.5 Å². The van der Waals surface area contributed by atoms with E-state index in [1.165, 1.54) is 6.42 Å². The first-order valence-corrected chi connectivity index (χ1v) is 6.94. The maximum atomic E-state index is 6.15. The molecule has 2 N–H and O–H groups in total. The Kier molecular flexibility index (Phi) is 3.96. The van der Waals surface area contributed by atoms with Gasteiger partial charge in [0.1, 0.15) is 5.75 Å². The van der Waals surface area contributed by atoms with Crippen molar-refractivity contribution < 1.29 is 4.74 Å². The second-order valence-corrected chi connectivity index (χ2v) is 6.50. The fourth-order valence-corrected chi connectivity index (χ4v) is 3.29. The maximum Gasteiger partial charge on any atom is 0.120 e. The summed E-state index contributed by atoms with van der Waals surface area (Å²) in [6, 6.07) is 8.16. The summed E-state index contributed by atoms with van der Waals surface area (Å²) in [5.41, 5.74) is 7.19. The zero-order chi connectivity index (χ0) is 13.2. The van der Waals surface area contributed by atoms with Gasteiger partial charge in [-0.2, -0.15) is 0 Å². The summed E-state index contributed by atoms with van der Waals surface area (Å²) >= 11 is 0. The molecule has 2 heteroatoms. The van der Waals surface area contributed by atoms with Gasteiger partial charge in [-0.25, -0.2) is 0 Å². The highest BCUT2D eigenvalue weighted by Crippen LogP contribution is 2.39. The molecule has 2 nitrogen and oxygen atoms in total. The van der Waals surface area contributed by atoms with Gasteiger partial charge in [0.2, 0.25) is 0 Å². The van der Waals surface area contributed by atoms with Crippen LogP contribution in [0.3, 0.4) is 0 Å². The van der Waals surface area contributed by atoms with E-state index >= 15 is 0 Å². The molecule has 0 amide bonds. The van der Waals surface area contributed by atoms with Crippen LogP contribution in [0.15, 0.2) is 24.3 Å². The molecule has 0 heterocycles. The highest BCUT2D eigenvalue weighted by atomic mass is 16.5. The third-order valence-corrected chi connectivity index (χ3v) is 3.78. The molecule has 0 aliphatic heterocycles. The van der Waals surface area contributed by atoms with E-state index < -0.39 is 0 Å². The molecule has 1 aromatic rings. The monoisotopic (exact) mass is 247 g/mol. The molecule has 0 aromatic heterocycles. The highest BCUT2D eigenvalue weighted by Gasteiger charge is 2.33. The van der Waals surface area contributed by atoms with Crippen LogP contribution in [0.4, 0.5) is 0 Å². The molecule has 1 saturated carbocycles. The summed E-state index contributed by atoms with van der Waals surface area (Å²) in [6.45, 7) is 7.59. The minimum absolute atomic E-state index is 0.344. The Hall–Kier alpha value is -1.02. The van der Waals surface area contributed by atoms with E-state index in [1.54, 1.807) is 0 Å². The van der Waals surface area contributed by atoms with Crippen LogP contribution in [0.5, 0.6) is 5.75 Å². The Bertz CT molecular complexity index is 400. The van der Waals surface area contributed by atoms with Crippen molar-refractivity contribution in [2.75, 3.05) is 0 Å². The Morgan fingerprint density at radius 3 is 2.78 bits per heavy atom. The van der Waals surface area contributed by atoms with E-state index in [1.807, 2.05) is 18.2 Å². The molecule has 100 valence electrons. The second-order valence-electron chi connectivity index (χ2n) is 6.50. The zero-order valence-electron chi connectivity index (χ0n) is 11.8. The van der Waals surface area contributed by atoms with Gasteiger partial charge in [-0.1, -0.05) is 32.9 Å². The summed E-state index contributed by atoms with van der Waals surface area (Å²) in [5, 5.41) is 0. The van der Waals surface area contributed by atoms with Gasteiger partial charge in [-0.05, 0) is 48.3 Å². The lowest BCUT2D eigenvalue weighted by molar-refractivity contribution is 0.0562. The smallest absolute Gasteiger partial charge is 0.120 e. The summed E-state index contributed by atoms with van der Waals surface area (Å²) in [7, 11) is 0. The van der Waals surface area contributed by atoms with Crippen LogP contribution in [0.2, 0.25) is 0 Å². The normalized spacial score (nSPS) is 26.9. The lowest BCUT2D eigenvalue weighted by Gasteiger charge is -2.38. The maximum absolute atomic E-state index is 6.15. The third-order valence-electron chi connectivity index (χ3n) is 3.78. The molecule has 1 aliphatic carbocycles. The van der Waals surface area contributed by atoms with E-state index in [-0.39, 0.29) is 0 Å². The molecule has 1 aliphatic rings. The molecule has 0 saturated heterocycles. The first-order valence-electron chi connectivity index (χ1n) is 6.94. The van der Waals surface area contributed by atoms with Crippen LogP contribution < -0.4 is 10.5 Å². The molecule has 1 fully saturated rings. The first-order chi connectivity index (χ1) is 8.48. The van der Waals surface area contributed by atoms with Gasteiger partial charge in [0, 0.05) is 6.54 Å². The zero-order valence-corrected chi connectivity index (χ0v) is 11.8. The van der Waals surface area contributed by atoms with E-state index in [9.17, 15) is 0 Å². The van der Waals surface area contributed by atoms with Gasteiger partial charge in [0.15, 0.2) is 0 Å². The standard InChI is InChI=1S/C16H25NO/c1-12-7-15(10-16(2,3)9-12)18-14-6-4-5-13(8-14)11-17/h4-6,8,12,15H,7,9-11,17H2,1-3H3. The number of hydrogen-bond acceptors (Lipinski definition) is 2. The summed E-state index contributed by atoms with van der Waals surface area (Å²) < 4.78 is 6.15. The number of hydrogen-bond donors (Lipinski definition) is 1. The lowest BCUT2D eigenvalue weighted by Crippen LogP contribution is -2.34. The quantitative estimate of drug-likeness (QED) is 0.883. The largest absolute Gasteiger partial charge is 0.490 e. The van der Waals surface area contributed by atoms with Crippen LogP contribution >= 0.6 is 0 Å². The van der Waals surface area contributed by atoms with E-state index in [0.29, 0.717) is 18.1 Å². The minimum Gasteiger partial charge on any atom is -0.490 e. The van der Waals surface area contributed by atoms with Crippen molar-refractivity contribution in [3.63, 3.8) is 0 Å².